The van der Waals surface area contributed by atoms with E-state index in [4.69, 9.17) is 4.74 Å². The second-order valence-electron chi connectivity index (χ2n) is 14.9. The van der Waals surface area contributed by atoms with Crippen molar-refractivity contribution in [3.05, 3.63) is 71.8 Å². The number of thioether (sulfide) groups is 1. The lowest BCUT2D eigenvalue weighted by Crippen LogP contribution is -2.57. The lowest BCUT2D eigenvalue weighted by molar-refractivity contribution is -0.156. The van der Waals surface area contributed by atoms with E-state index < -0.39 is 35.9 Å². The molecule has 0 spiro atoms. The SMILES string of the molecule is COC(=O)C1CCCC2SCCC(NC(=O)C(CCC(Cc3ccccc3)C(=O)NC3CCCC4CCCCN4C3=O)Cc3ccccc3)C(=O)N21. The van der Waals surface area contributed by atoms with E-state index >= 15 is 0 Å². The summed E-state index contributed by atoms with van der Waals surface area (Å²) in [4.78, 5) is 72.4. The fourth-order valence-corrected chi connectivity index (χ4v) is 9.98. The van der Waals surface area contributed by atoms with E-state index in [0.717, 1.165) is 62.6 Å². The molecule has 4 fully saturated rings. The number of fused-ring (bicyclic) bond motifs is 2. The van der Waals surface area contributed by atoms with Crippen LogP contribution in [0.15, 0.2) is 60.7 Å². The highest BCUT2D eigenvalue weighted by molar-refractivity contribution is 7.99. The number of amides is 4. The van der Waals surface area contributed by atoms with Gasteiger partial charge in [-0.15, -0.1) is 11.8 Å². The van der Waals surface area contributed by atoms with Gasteiger partial charge >= 0.3 is 5.97 Å². The van der Waals surface area contributed by atoms with Crippen LogP contribution in [0.5, 0.6) is 0 Å². The predicted octanol–water partition coefficient (Wildman–Crippen LogP) is 5.04. The van der Waals surface area contributed by atoms with Gasteiger partial charge in [-0.25, -0.2) is 4.79 Å². The number of nitrogens with one attached hydrogen (secondary N) is 2. The Morgan fingerprint density at radius 2 is 1.31 bits per heavy atom. The monoisotopic (exact) mass is 730 g/mol. The van der Waals surface area contributed by atoms with Gasteiger partial charge in [-0.1, -0.05) is 60.7 Å². The zero-order chi connectivity index (χ0) is 36.5. The van der Waals surface area contributed by atoms with E-state index in [2.05, 4.69) is 10.6 Å². The largest absolute Gasteiger partial charge is 0.467 e. The molecule has 4 aliphatic rings. The van der Waals surface area contributed by atoms with Crippen molar-refractivity contribution in [3.8, 4) is 0 Å². The Morgan fingerprint density at radius 3 is 1.92 bits per heavy atom. The molecule has 4 aliphatic heterocycles. The minimum Gasteiger partial charge on any atom is -0.467 e. The van der Waals surface area contributed by atoms with Crippen LogP contribution in [0.3, 0.4) is 0 Å². The average Bonchev–Trinajstić information content (AvgIpc) is 3.43. The van der Waals surface area contributed by atoms with E-state index in [1.807, 2.05) is 65.6 Å². The molecule has 0 bridgehead atoms. The van der Waals surface area contributed by atoms with Crippen molar-refractivity contribution in [3.63, 3.8) is 0 Å². The topological polar surface area (TPSA) is 125 Å². The van der Waals surface area contributed by atoms with Crippen LogP contribution in [-0.4, -0.2) is 88.3 Å². The lowest BCUT2D eigenvalue weighted by Gasteiger charge is -2.40. The molecule has 0 radical (unpaired) electrons. The van der Waals surface area contributed by atoms with E-state index in [0.29, 0.717) is 50.7 Å². The molecule has 52 heavy (non-hydrogen) atoms. The van der Waals surface area contributed by atoms with Gasteiger partial charge in [0.1, 0.15) is 18.1 Å². The minimum atomic E-state index is -0.753. The predicted molar refractivity (Wildman–Crippen MR) is 201 cm³/mol. The summed E-state index contributed by atoms with van der Waals surface area (Å²) in [5.41, 5.74) is 2.02. The van der Waals surface area contributed by atoms with Gasteiger partial charge in [0.05, 0.1) is 12.5 Å². The number of hydrogen-bond acceptors (Lipinski definition) is 7. The van der Waals surface area contributed by atoms with Gasteiger partial charge in [-0.2, -0.15) is 0 Å². The number of esters is 1. The van der Waals surface area contributed by atoms with E-state index in [1.165, 1.54) is 7.11 Å². The normalized spacial score (nSPS) is 26.1. The third-order valence-corrected chi connectivity index (χ3v) is 12.8. The van der Waals surface area contributed by atoms with Crippen LogP contribution in [0.4, 0.5) is 0 Å². The van der Waals surface area contributed by atoms with Crippen molar-refractivity contribution in [1.29, 1.82) is 0 Å². The summed E-state index contributed by atoms with van der Waals surface area (Å²) in [6.07, 6.45) is 10.1. The highest BCUT2D eigenvalue weighted by atomic mass is 32.2. The maximum Gasteiger partial charge on any atom is 0.328 e. The minimum absolute atomic E-state index is 0.0342. The molecule has 2 N–H and O–H groups in total. The first kappa shape index (κ1) is 37.9. The fourth-order valence-electron chi connectivity index (χ4n) is 8.59. The van der Waals surface area contributed by atoms with Crippen molar-refractivity contribution in [1.82, 2.24) is 20.4 Å². The van der Waals surface area contributed by atoms with Crippen LogP contribution in [0, 0.1) is 11.8 Å². The summed E-state index contributed by atoms with van der Waals surface area (Å²) in [5, 5.41) is 6.15. The molecule has 2 aromatic carbocycles. The number of carbonyl (C=O) groups is 5. The second-order valence-corrected chi connectivity index (χ2v) is 16.2. The molecule has 7 unspecified atom stereocenters. The molecule has 4 saturated heterocycles. The van der Waals surface area contributed by atoms with Gasteiger partial charge in [0, 0.05) is 24.4 Å². The van der Waals surface area contributed by atoms with Gasteiger partial charge in [-0.3, -0.25) is 19.2 Å². The summed E-state index contributed by atoms with van der Waals surface area (Å²) >= 11 is 1.66. The standard InChI is InChI=1S/C41H54N4O6S/c1-51-41(50)35-19-11-20-36-45(35)40(49)34(23-25-52-36)43-38(47)31(27-29-14-6-3-7-15-29)22-21-30(26-28-12-4-2-5-13-28)37(46)42-33-18-10-17-32-16-8-9-24-44(32)39(33)48/h2-7,12-15,30-36H,8-11,16-27H2,1H3,(H,42,46)(H,43,47). The van der Waals surface area contributed by atoms with E-state index in [9.17, 15) is 24.0 Å². The Labute approximate surface area is 312 Å². The Kier molecular flexibility index (Phi) is 13.3. The van der Waals surface area contributed by atoms with Crippen molar-refractivity contribution in [2.75, 3.05) is 19.4 Å². The number of rotatable bonds is 12. The number of hydrogen-bond donors (Lipinski definition) is 2. The average molecular weight is 731 g/mol. The van der Waals surface area contributed by atoms with Crippen LogP contribution in [0.1, 0.15) is 88.2 Å². The van der Waals surface area contributed by atoms with Gasteiger partial charge in [0.2, 0.25) is 23.6 Å². The number of piperidine rings is 2. The number of carbonyl (C=O) groups excluding carboxylic acids is 5. The molecule has 0 aliphatic carbocycles. The summed E-state index contributed by atoms with van der Waals surface area (Å²) in [5.74, 6) is -1.27. The molecule has 4 heterocycles. The van der Waals surface area contributed by atoms with Crippen LogP contribution >= 0.6 is 11.8 Å². The first-order valence-corrected chi connectivity index (χ1v) is 20.4. The van der Waals surface area contributed by atoms with Gasteiger partial charge in [0.15, 0.2) is 0 Å². The van der Waals surface area contributed by atoms with Crippen LogP contribution < -0.4 is 10.6 Å². The summed E-state index contributed by atoms with van der Waals surface area (Å²) in [7, 11) is 1.35. The Bertz CT molecular complexity index is 1540. The second kappa shape index (κ2) is 18.3. The molecule has 6 rings (SSSR count). The maximum atomic E-state index is 14.2. The molecule has 7 atom stereocenters. The van der Waals surface area contributed by atoms with Gasteiger partial charge < -0.3 is 25.2 Å². The van der Waals surface area contributed by atoms with Crippen molar-refractivity contribution < 1.29 is 28.7 Å². The van der Waals surface area contributed by atoms with Crippen LogP contribution in [-0.2, 0) is 41.6 Å². The van der Waals surface area contributed by atoms with Gasteiger partial charge in [0.25, 0.3) is 0 Å². The maximum absolute atomic E-state index is 14.2. The molecular formula is C41H54N4O6S. The Hall–Kier alpha value is -3.86. The molecule has 4 amide bonds. The van der Waals surface area contributed by atoms with Crippen LogP contribution in [0.2, 0.25) is 0 Å². The van der Waals surface area contributed by atoms with Crippen molar-refractivity contribution in [2.24, 2.45) is 11.8 Å². The third-order valence-electron chi connectivity index (χ3n) is 11.4. The summed E-state index contributed by atoms with van der Waals surface area (Å²) in [6, 6.07) is 18.0. The quantitative estimate of drug-likeness (QED) is 0.294. The molecule has 2 aromatic rings. The zero-order valence-electron chi connectivity index (χ0n) is 30.4. The molecule has 280 valence electrons. The summed E-state index contributed by atoms with van der Waals surface area (Å²) in [6.45, 7) is 0.754. The number of benzene rings is 2. The summed E-state index contributed by atoms with van der Waals surface area (Å²) < 4.78 is 5.07. The highest BCUT2D eigenvalue weighted by Crippen LogP contribution is 2.35. The highest BCUT2D eigenvalue weighted by Gasteiger charge is 2.44. The zero-order valence-corrected chi connectivity index (χ0v) is 31.2. The lowest BCUT2D eigenvalue weighted by atomic mass is 9.86. The molecule has 11 heteroatoms. The number of nitrogens with zero attached hydrogens (tertiary/aromatic N) is 2. The van der Waals surface area contributed by atoms with E-state index in [1.54, 1.807) is 16.7 Å². The first-order valence-electron chi connectivity index (χ1n) is 19.3. The van der Waals surface area contributed by atoms with Crippen LogP contribution in [0.25, 0.3) is 0 Å². The Morgan fingerprint density at radius 1 is 0.731 bits per heavy atom. The molecule has 0 saturated carbocycles. The molecule has 10 nitrogen and oxygen atoms in total. The van der Waals surface area contributed by atoms with Crippen molar-refractivity contribution in [2.45, 2.75) is 119 Å². The number of methoxy groups -OCH3 is 1. The third kappa shape index (κ3) is 9.38. The first-order chi connectivity index (χ1) is 25.3. The van der Waals surface area contributed by atoms with Crippen molar-refractivity contribution >= 4 is 41.4 Å². The number of ether oxygens (including phenoxy) is 1. The molecule has 0 aromatic heterocycles. The fraction of sp³-hybridized carbons (Fsp3) is 0.585. The Balaban J connectivity index is 1.18. The van der Waals surface area contributed by atoms with E-state index in [-0.39, 0.29) is 35.0 Å². The molecular weight excluding hydrogens is 677 g/mol. The smallest absolute Gasteiger partial charge is 0.328 e. The van der Waals surface area contributed by atoms with Gasteiger partial charge in [-0.05, 0) is 107 Å².